The molecule has 10 nitrogen and oxygen atoms in total. The lowest BCUT2D eigenvalue weighted by molar-refractivity contribution is 0.0700. The van der Waals surface area contributed by atoms with Crippen LogP contribution in [0.25, 0.3) is 44.8 Å². The summed E-state index contributed by atoms with van der Waals surface area (Å²) in [6.45, 7) is 1.40. The minimum Gasteiger partial charge on any atom is -0.496 e. The van der Waals surface area contributed by atoms with Crippen molar-refractivity contribution in [1.29, 1.82) is 0 Å². The number of fused-ring (bicyclic) bond motifs is 4. The van der Waals surface area contributed by atoms with Crippen molar-refractivity contribution in [2.75, 3.05) is 20.8 Å². The molecule has 2 unspecified atom stereocenters. The predicted molar refractivity (Wildman–Crippen MR) is 172 cm³/mol. The number of nitrogens with zero attached hydrogens (tertiary/aromatic N) is 5. The largest absolute Gasteiger partial charge is 0.496 e. The van der Waals surface area contributed by atoms with Gasteiger partial charge in [0.15, 0.2) is 5.82 Å². The third kappa shape index (κ3) is 4.41. The van der Waals surface area contributed by atoms with Gasteiger partial charge in [-0.25, -0.2) is 9.97 Å². The smallest absolute Gasteiger partial charge is 0.254 e. The number of hydrogen-bond acceptors (Lipinski definition) is 7. The van der Waals surface area contributed by atoms with Gasteiger partial charge in [0.05, 0.1) is 37.7 Å². The van der Waals surface area contributed by atoms with Crippen molar-refractivity contribution in [3.05, 3.63) is 59.7 Å². The molecule has 10 heteroatoms. The molecule has 2 aromatic carbocycles. The van der Waals surface area contributed by atoms with Gasteiger partial charge in [-0.1, -0.05) is 12.1 Å². The van der Waals surface area contributed by atoms with Crippen LogP contribution in [-0.4, -0.2) is 67.9 Å². The number of nitrogens with two attached hydrogens (primary N) is 1. The highest BCUT2D eigenvalue weighted by atomic mass is 16.5. The molecular weight excluding hydrogens is 568 g/mol. The molecule has 232 valence electrons. The van der Waals surface area contributed by atoms with E-state index in [1.165, 1.54) is 12.8 Å². The van der Waals surface area contributed by atoms with Gasteiger partial charge in [0.1, 0.15) is 22.7 Å². The highest BCUT2D eigenvalue weighted by Crippen LogP contribution is 2.41. The maximum Gasteiger partial charge on any atom is 0.254 e. The van der Waals surface area contributed by atoms with Gasteiger partial charge in [0.2, 0.25) is 0 Å². The maximum absolute atomic E-state index is 13.7. The lowest BCUT2D eigenvalue weighted by Crippen LogP contribution is -2.41. The number of aryl methyl sites for hydroxylation is 1. The molecule has 3 aromatic heterocycles. The van der Waals surface area contributed by atoms with Crippen LogP contribution in [-0.2, 0) is 20.2 Å². The van der Waals surface area contributed by atoms with Gasteiger partial charge < -0.3 is 34.3 Å². The predicted octanol–water partition coefficient (Wildman–Crippen LogP) is 4.74. The lowest BCUT2D eigenvalue weighted by atomic mass is 10.0. The van der Waals surface area contributed by atoms with Crippen LogP contribution in [0, 0.1) is 11.8 Å². The van der Waals surface area contributed by atoms with E-state index in [2.05, 4.69) is 21.3 Å². The normalized spacial score (nSPS) is 20.9. The van der Waals surface area contributed by atoms with Crippen molar-refractivity contribution in [1.82, 2.24) is 24.0 Å². The fourth-order valence-corrected chi connectivity index (χ4v) is 7.63. The number of amides is 1. The molecule has 1 amide bonds. The Bertz CT molecular complexity index is 1970. The highest BCUT2D eigenvalue weighted by Gasteiger charge is 2.47. The Labute approximate surface area is 261 Å². The first-order chi connectivity index (χ1) is 21.9. The quantitative estimate of drug-likeness (QED) is 0.262. The van der Waals surface area contributed by atoms with Crippen LogP contribution in [0.2, 0.25) is 0 Å². The second-order valence-corrected chi connectivity index (χ2v) is 12.8. The molecule has 1 aliphatic heterocycles. The molecule has 3 N–H and O–H groups in total. The van der Waals surface area contributed by atoms with Gasteiger partial charge in [-0.3, -0.25) is 4.79 Å². The average molecular weight is 607 g/mol. The number of piperidine rings is 1. The summed E-state index contributed by atoms with van der Waals surface area (Å²) >= 11 is 0. The molecule has 0 spiro atoms. The first-order valence-corrected chi connectivity index (χ1v) is 15.8. The Morgan fingerprint density at radius 2 is 1.84 bits per heavy atom. The summed E-state index contributed by atoms with van der Waals surface area (Å²) in [5.74, 6) is 3.00. The van der Waals surface area contributed by atoms with Crippen LogP contribution in [0.3, 0.4) is 0 Å². The number of pyridine rings is 1. The number of rotatable bonds is 8. The van der Waals surface area contributed by atoms with Gasteiger partial charge in [0, 0.05) is 54.3 Å². The second kappa shape index (κ2) is 10.6. The van der Waals surface area contributed by atoms with Crippen molar-refractivity contribution in [2.24, 2.45) is 24.6 Å². The number of carbonyl (C=O) groups is 1. The van der Waals surface area contributed by atoms with Crippen LogP contribution >= 0.6 is 0 Å². The van der Waals surface area contributed by atoms with Gasteiger partial charge in [-0.2, -0.15) is 0 Å². The molecule has 0 radical (unpaired) electrons. The molecule has 5 aromatic rings. The third-order valence-corrected chi connectivity index (χ3v) is 10.2. The third-order valence-electron chi connectivity index (χ3n) is 10.2. The Kier molecular flexibility index (Phi) is 6.61. The number of imidazole rings is 1. The first kappa shape index (κ1) is 28.1. The monoisotopic (exact) mass is 606 g/mol. The molecular formula is C35H38N6O4. The van der Waals surface area contributed by atoms with E-state index in [9.17, 15) is 9.90 Å². The molecule has 3 aliphatic rings. The number of methoxy groups -OCH3 is 2. The number of aliphatic hydroxyl groups is 1. The SMILES string of the molecule is COc1cccc(-c2ccc3cc(-c4nc5cc(C(=O)N6CC7CCC6[C@@H]7N)cc(OC)c5n4C)n(CC4CC4)c3n2)c1CO. The van der Waals surface area contributed by atoms with E-state index in [1.807, 2.05) is 48.3 Å². The summed E-state index contributed by atoms with van der Waals surface area (Å²) in [6, 6.07) is 15.9. The molecule has 3 fully saturated rings. The van der Waals surface area contributed by atoms with E-state index in [0.29, 0.717) is 46.5 Å². The maximum atomic E-state index is 13.7. The number of benzene rings is 2. The average Bonchev–Trinajstić information content (AvgIpc) is 3.47. The highest BCUT2D eigenvalue weighted by molar-refractivity contribution is 6.00. The summed E-state index contributed by atoms with van der Waals surface area (Å²) in [6.07, 6.45) is 4.43. The van der Waals surface area contributed by atoms with Crippen LogP contribution in [0.4, 0.5) is 0 Å². The molecule has 45 heavy (non-hydrogen) atoms. The number of likely N-dealkylation sites (tertiary alicyclic amines) is 1. The Morgan fingerprint density at radius 3 is 2.53 bits per heavy atom. The number of ether oxygens (including phenoxy) is 2. The standard InChI is InChI=1S/C35H38N6O4/c1-39-32-26(13-22(15-30(32)45-3)35(43)41-17-21-10-12-27(41)31(21)36)38-34(39)28-14-20-9-11-25(37-33(20)40(28)16-19-7-8-19)23-5-4-6-29(44-2)24(23)18-42/h4-6,9,11,13-15,19,21,27,31,42H,7-8,10,12,16-18,36H2,1-3H3/t21?,27?,31-/m1/s1. The molecule has 2 bridgehead atoms. The molecule has 2 saturated carbocycles. The van der Waals surface area contributed by atoms with E-state index >= 15 is 0 Å². The summed E-state index contributed by atoms with van der Waals surface area (Å²) in [5, 5.41) is 11.2. The molecule has 1 saturated heterocycles. The number of hydrogen-bond donors (Lipinski definition) is 2. The van der Waals surface area contributed by atoms with Gasteiger partial charge >= 0.3 is 0 Å². The summed E-state index contributed by atoms with van der Waals surface area (Å²) in [7, 11) is 5.24. The van der Waals surface area contributed by atoms with Crippen LogP contribution < -0.4 is 15.2 Å². The van der Waals surface area contributed by atoms with Crippen LogP contribution in [0.5, 0.6) is 11.5 Å². The Morgan fingerprint density at radius 1 is 1.02 bits per heavy atom. The summed E-state index contributed by atoms with van der Waals surface area (Å²) in [4.78, 5) is 26.0. The Balaban J connectivity index is 1.25. The topological polar surface area (TPSA) is 121 Å². The van der Waals surface area contributed by atoms with Crippen molar-refractivity contribution >= 4 is 28.0 Å². The van der Waals surface area contributed by atoms with E-state index < -0.39 is 0 Å². The van der Waals surface area contributed by atoms with Crippen LogP contribution in [0.1, 0.15) is 41.6 Å². The second-order valence-electron chi connectivity index (χ2n) is 12.8. The zero-order chi connectivity index (χ0) is 31.0. The van der Waals surface area contributed by atoms with Crippen LogP contribution in [0.15, 0.2) is 48.5 Å². The van der Waals surface area contributed by atoms with E-state index in [0.717, 1.165) is 58.7 Å². The summed E-state index contributed by atoms with van der Waals surface area (Å²) < 4.78 is 15.7. The molecule has 8 rings (SSSR count). The first-order valence-electron chi connectivity index (χ1n) is 15.8. The molecule has 2 aliphatic carbocycles. The van der Waals surface area contributed by atoms with Gasteiger partial charge in [0.25, 0.3) is 5.91 Å². The number of aromatic nitrogens is 4. The Hall–Kier alpha value is -4.41. The number of aliphatic hydroxyl groups excluding tert-OH is 1. The van der Waals surface area contributed by atoms with E-state index in [-0.39, 0.29) is 24.6 Å². The van der Waals surface area contributed by atoms with Crippen molar-refractivity contribution in [2.45, 2.75) is 50.9 Å². The van der Waals surface area contributed by atoms with E-state index in [4.69, 9.17) is 25.2 Å². The lowest BCUT2D eigenvalue weighted by Gasteiger charge is -2.27. The summed E-state index contributed by atoms with van der Waals surface area (Å²) in [5.41, 5.74) is 12.7. The zero-order valence-electron chi connectivity index (χ0n) is 25.9. The van der Waals surface area contributed by atoms with Crippen molar-refractivity contribution in [3.8, 4) is 34.3 Å². The van der Waals surface area contributed by atoms with Gasteiger partial charge in [-0.15, -0.1) is 0 Å². The fourth-order valence-electron chi connectivity index (χ4n) is 7.63. The van der Waals surface area contributed by atoms with Crippen molar-refractivity contribution < 1.29 is 19.4 Å². The zero-order valence-corrected chi connectivity index (χ0v) is 25.9. The molecule has 3 atom stereocenters. The number of carbonyl (C=O) groups excluding carboxylic acids is 1. The van der Waals surface area contributed by atoms with Crippen molar-refractivity contribution in [3.63, 3.8) is 0 Å². The van der Waals surface area contributed by atoms with E-state index in [1.54, 1.807) is 14.2 Å². The minimum atomic E-state index is -0.147. The van der Waals surface area contributed by atoms with Gasteiger partial charge in [-0.05, 0) is 73.9 Å². The minimum absolute atomic E-state index is 0.00980. The molecule has 4 heterocycles. The fraction of sp³-hybridized carbons (Fsp3) is 0.400.